The first-order valence-corrected chi connectivity index (χ1v) is 10.8. The van der Waals surface area contributed by atoms with Gasteiger partial charge in [0.2, 0.25) is 11.5 Å². The number of hydrogen-bond donors (Lipinski definition) is 0. The molecule has 0 unspecified atom stereocenters. The van der Waals surface area contributed by atoms with Crippen molar-refractivity contribution in [1.82, 2.24) is 0 Å². The molecular formula is C23H31ClO5. The molecule has 0 radical (unpaired) electrons. The SMILES string of the molecule is CCCOc1c(OCCC)c(OC(=O)CCC)c2cc(Cl)ccc2c1OCCC. The molecule has 0 saturated heterocycles. The second-order valence-electron chi connectivity index (χ2n) is 6.78. The minimum Gasteiger partial charge on any atom is -0.489 e. The normalized spacial score (nSPS) is 10.8. The summed E-state index contributed by atoms with van der Waals surface area (Å²) in [6.45, 7) is 9.50. The van der Waals surface area contributed by atoms with Gasteiger partial charge in [0.15, 0.2) is 11.5 Å². The summed E-state index contributed by atoms with van der Waals surface area (Å²) in [5, 5.41) is 1.98. The van der Waals surface area contributed by atoms with E-state index in [1.807, 2.05) is 33.8 Å². The maximum absolute atomic E-state index is 12.4. The molecule has 0 saturated carbocycles. The third kappa shape index (κ3) is 5.92. The minimum absolute atomic E-state index is 0.314. The van der Waals surface area contributed by atoms with Crippen LogP contribution in [0.15, 0.2) is 18.2 Å². The van der Waals surface area contributed by atoms with E-state index < -0.39 is 0 Å². The molecule has 0 heterocycles. The van der Waals surface area contributed by atoms with Gasteiger partial charge < -0.3 is 18.9 Å². The van der Waals surface area contributed by atoms with Gasteiger partial charge in [-0.2, -0.15) is 0 Å². The Balaban J connectivity index is 2.78. The average molecular weight is 423 g/mol. The molecule has 0 bridgehead atoms. The molecule has 0 fully saturated rings. The van der Waals surface area contributed by atoms with E-state index in [0.717, 1.165) is 24.6 Å². The summed E-state index contributed by atoms with van der Waals surface area (Å²) >= 11 is 6.27. The quantitative estimate of drug-likeness (QED) is 0.286. The van der Waals surface area contributed by atoms with E-state index in [-0.39, 0.29) is 5.97 Å². The van der Waals surface area contributed by atoms with Crippen molar-refractivity contribution in [3.8, 4) is 23.0 Å². The highest BCUT2D eigenvalue weighted by atomic mass is 35.5. The smallest absolute Gasteiger partial charge is 0.311 e. The minimum atomic E-state index is -0.321. The van der Waals surface area contributed by atoms with E-state index in [1.165, 1.54) is 0 Å². The van der Waals surface area contributed by atoms with Gasteiger partial charge in [0.1, 0.15) is 0 Å². The van der Waals surface area contributed by atoms with E-state index in [9.17, 15) is 4.79 Å². The van der Waals surface area contributed by atoms with Crippen molar-refractivity contribution in [2.75, 3.05) is 19.8 Å². The van der Waals surface area contributed by atoms with Gasteiger partial charge in [-0.1, -0.05) is 39.3 Å². The maximum Gasteiger partial charge on any atom is 0.311 e. The van der Waals surface area contributed by atoms with Crippen molar-refractivity contribution < 1.29 is 23.7 Å². The summed E-state index contributed by atoms with van der Waals surface area (Å²) in [4.78, 5) is 12.4. The van der Waals surface area contributed by atoms with Crippen molar-refractivity contribution in [3.05, 3.63) is 23.2 Å². The number of fused-ring (bicyclic) bond motifs is 1. The van der Waals surface area contributed by atoms with Crippen LogP contribution in [0.1, 0.15) is 59.8 Å². The third-order valence-corrected chi connectivity index (χ3v) is 4.35. The van der Waals surface area contributed by atoms with Crippen LogP contribution < -0.4 is 18.9 Å². The summed E-state index contributed by atoms with van der Waals surface area (Å²) < 4.78 is 23.9. The Morgan fingerprint density at radius 3 is 1.86 bits per heavy atom. The van der Waals surface area contributed by atoms with Crippen LogP contribution in [0.4, 0.5) is 0 Å². The Morgan fingerprint density at radius 1 is 0.759 bits per heavy atom. The Hall–Kier alpha value is -2.14. The highest BCUT2D eigenvalue weighted by Crippen LogP contribution is 2.52. The molecule has 0 amide bonds. The molecule has 5 nitrogen and oxygen atoms in total. The van der Waals surface area contributed by atoms with Crippen LogP contribution in [0.2, 0.25) is 5.02 Å². The Labute approximate surface area is 178 Å². The van der Waals surface area contributed by atoms with Crippen molar-refractivity contribution in [3.63, 3.8) is 0 Å². The zero-order valence-corrected chi connectivity index (χ0v) is 18.6. The first-order valence-electron chi connectivity index (χ1n) is 10.4. The fraction of sp³-hybridized carbons (Fsp3) is 0.522. The van der Waals surface area contributed by atoms with Crippen LogP contribution in [0.25, 0.3) is 10.8 Å². The molecule has 29 heavy (non-hydrogen) atoms. The highest BCUT2D eigenvalue weighted by molar-refractivity contribution is 6.31. The van der Waals surface area contributed by atoms with Crippen LogP contribution in [0.3, 0.4) is 0 Å². The summed E-state index contributed by atoms with van der Waals surface area (Å²) in [5.74, 6) is 1.48. The van der Waals surface area contributed by atoms with E-state index >= 15 is 0 Å². The zero-order chi connectivity index (χ0) is 21.2. The number of ether oxygens (including phenoxy) is 4. The topological polar surface area (TPSA) is 54.0 Å². The molecule has 0 atom stereocenters. The summed E-state index contributed by atoms with van der Waals surface area (Å²) in [5.41, 5.74) is 0. The van der Waals surface area contributed by atoms with Crippen LogP contribution >= 0.6 is 11.6 Å². The molecule has 0 aromatic heterocycles. The molecule has 0 spiro atoms. The predicted octanol–water partition coefficient (Wildman–Crippen LogP) is 6.57. The monoisotopic (exact) mass is 422 g/mol. The van der Waals surface area contributed by atoms with Gasteiger partial charge in [-0.05, 0) is 43.9 Å². The maximum atomic E-state index is 12.4. The molecule has 0 aliphatic heterocycles. The lowest BCUT2D eigenvalue weighted by Crippen LogP contribution is -2.11. The molecule has 0 aliphatic carbocycles. The van der Waals surface area contributed by atoms with Crippen LogP contribution in [0.5, 0.6) is 23.0 Å². The fourth-order valence-electron chi connectivity index (χ4n) is 2.84. The summed E-state index contributed by atoms with van der Waals surface area (Å²) in [6.07, 6.45) is 3.48. The number of halogens is 1. The van der Waals surface area contributed by atoms with Crippen LogP contribution in [0, 0.1) is 0 Å². The highest BCUT2D eigenvalue weighted by Gasteiger charge is 2.26. The van der Waals surface area contributed by atoms with Gasteiger partial charge >= 0.3 is 5.97 Å². The van der Waals surface area contributed by atoms with Crippen molar-refractivity contribution in [1.29, 1.82) is 0 Å². The Kier molecular flexibility index (Phi) is 9.39. The number of hydrogen-bond acceptors (Lipinski definition) is 5. The average Bonchev–Trinajstić information content (AvgIpc) is 2.71. The summed E-state index contributed by atoms with van der Waals surface area (Å²) in [7, 11) is 0. The predicted molar refractivity (Wildman–Crippen MR) is 117 cm³/mol. The van der Waals surface area contributed by atoms with E-state index in [4.69, 9.17) is 30.5 Å². The zero-order valence-electron chi connectivity index (χ0n) is 17.8. The van der Waals surface area contributed by atoms with Gasteiger partial charge in [0.05, 0.1) is 19.8 Å². The fourth-order valence-corrected chi connectivity index (χ4v) is 3.01. The first-order chi connectivity index (χ1) is 14.1. The second-order valence-corrected chi connectivity index (χ2v) is 7.21. The number of esters is 1. The van der Waals surface area contributed by atoms with E-state index in [2.05, 4.69) is 0 Å². The van der Waals surface area contributed by atoms with Gasteiger partial charge in [-0.3, -0.25) is 4.79 Å². The molecule has 160 valence electrons. The van der Waals surface area contributed by atoms with Gasteiger partial charge in [-0.25, -0.2) is 0 Å². The van der Waals surface area contributed by atoms with Crippen molar-refractivity contribution in [2.45, 2.75) is 59.8 Å². The third-order valence-electron chi connectivity index (χ3n) is 4.11. The molecule has 2 rings (SSSR count). The summed E-state index contributed by atoms with van der Waals surface area (Å²) in [6, 6.07) is 5.42. The lowest BCUT2D eigenvalue weighted by molar-refractivity contribution is -0.134. The number of benzene rings is 2. The molecule has 6 heteroatoms. The Morgan fingerprint density at radius 2 is 1.31 bits per heavy atom. The molecule has 2 aromatic carbocycles. The molecule has 2 aromatic rings. The Bertz CT molecular complexity index is 819. The lowest BCUT2D eigenvalue weighted by atomic mass is 10.1. The van der Waals surface area contributed by atoms with Gasteiger partial charge in [0, 0.05) is 22.2 Å². The van der Waals surface area contributed by atoms with Gasteiger partial charge in [-0.15, -0.1) is 0 Å². The standard InChI is InChI=1S/C23H31ClO5/c1-5-9-19(25)29-21-18-15-16(24)10-11-17(18)20(26-12-6-2)22(27-13-7-3)23(21)28-14-8-4/h10-11,15H,5-9,12-14H2,1-4H3. The van der Waals surface area contributed by atoms with Crippen molar-refractivity contribution >= 4 is 28.3 Å². The number of carbonyl (C=O) groups is 1. The van der Waals surface area contributed by atoms with Crippen LogP contribution in [-0.2, 0) is 4.79 Å². The second kappa shape index (κ2) is 11.8. The first kappa shape index (κ1) is 23.1. The molecule has 0 N–H and O–H groups in total. The van der Waals surface area contributed by atoms with Gasteiger partial charge in [0.25, 0.3) is 0 Å². The van der Waals surface area contributed by atoms with E-state index in [1.54, 1.807) is 12.1 Å². The van der Waals surface area contributed by atoms with E-state index in [0.29, 0.717) is 66.1 Å². The molecule has 0 aliphatic rings. The van der Waals surface area contributed by atoms with Crippen LogP contribution in [-0.4, -0.2) is 25.8 Å². The lowest BCUT2D eigenvalue weighted by Gasteiger charge is -2.22. The molecular weight excluding hydrogens is 392 g/mol. The van der Waals surface area contributed by atoms with Crippen molar-refractivity contribution in [2.24, 2.45) is 0 Å². The number of rotatable bonds is 12. The number of carbonyl (C=O) groups excluding carboxylic acids is 1. The largest absolute Gasteiger partial charge is 0.489 e.